The van der Waals surface area contributed by atoms with Gasteiger partial charge in [-0.1, -0.05) is 59.9 Å². The highest BCUT2D eigenvalue weighted by Gasteiger charge is 2.15. The fourth-order valence-corrected chi connectivity index (χ4v) is 3.84. The Labute approximate surface area is 171 Å². The van der Waals surface area contributed by atoms with Crippen molar-refractivity contribution in [2.75, 3.05) is 17.3 Å². The van der Waals surface area contributed by atoms with Gasteiger partial charge >= 0.3 is 0 Å². The molecular formula is C21H19N5O2S. The first-order valence-electron chi connectivity index (χ1n) is 9.06. The average Bonchev–Trinajstić information content (AvgIpc) is 3.17. The Morgan fingerprint density at radius 3 is 2.52 bits per heavy atom. The minimum absolute atomic E-state index is 0.107. The Bertz CT molecular complexity index is 1190. The maximum Gasteiger partial charge on any atom is 0.273 e. The van der Waals surface area contributed by atoms with Crippen molar-refractivity contribution in [3.8, 4) is 0 Å². The summed E-state index contributed by atoms with van der Waals surface area (Å²) in [6.07, 6.45) is 1.37. The van der Waals surface area contributed by atoms with Crippen LogP contribution in [0.4, 0.5) is 10.8 Å². The largest absolute Gasteiger partial charge is 0.347 e. The fraction of sp³-hybridized carbons (Fsp3) is 0.143. The first-order chi connectivity index (χ1) is 14.1. The number of hydrogen-bond acceptors (Lipinski definition) is 6. The van der Waals surface area contributed by atoms with E-state index in [1.165, 1.54) is 22.2 Å². The first kappa shape index (κ1) is 18.8. The lowest BCUT2D eigenvalue weighted by Gasteiger charge is -2.15. The van der Waals surface area contributed by atoms with E-state index in [2.05, 4.69) is 15.3 Å². The van der Waals surface area contributed by atoms with Gasteiger partial charge in [-0.15, -0.1) is 0 Å². The molecule has 4 rings (SSSR count). The van der Waals surface area contributed by atoms with Crippen molar-refractivity contribution in [3.63, 3.8) is 0 Å². The van der Waals surface area contributed by atoms with Crippen molar-refractivity contribution in [1.29, 1.82) is 0 Å². The number of rotatable bonds is 6. The summed E-state index contributed by atoms with van der Waals surface area (Å²) in [7, 11) is 1.93. The van der Waals surface area contributed by atoms with Crippen LogP contribution in [0.25, 0.3) is 10.3 Å². The molecule has 0 aliphatic rings. The molecule has 1 N–H and O–H groups in total. The molecule has 0 fully saturated rings. The van der Waals surface area contributed by atoms with Crippen LogP contribution in [0.1, 0.15) is 5.56 Å². The number of fused-ring (bicyclic) bond motifs is 1. The second-order valence-electron chi connectivity index (χ2n) is 6.58. The fourth-order valence-electron chi connectivity index (χ4n) is 2.91. The van der Waals surface area contributed by atoms with Crippen molar-refractivity contribution in [2.24, 2.45) is 0 Å². The molecule has 0 radical (unpaired) electrons. The molecule has 2 heterocycles. The Balaban J connectivity index is 1.53. The van der Waals surface area contributed by atoms with Crippen molar-refractivity contribution < 1.29 is 4.79 Å². The molecule has 0 unspecified atom stereocenters. The standard InChI is InChI=1S/C21H19N5O2S/c1-25(12-15-8-4-2-5-9-15)21-24-19-18(29-21)20(28)26(14-22-19)13-17(27)23-16-10-6-3-7-11-16/h2-11,14H,12-13H2,1H3,(H,23,27). The Morgan fingerprint density at radius 1 is 1.10 bits per heavy atom. The Kier molecular flexibility index (Phi) is 5.35. The number of nitrogens with one attached hydrogen (secondary N) is 1. The predicted octanol–water partition coefficient (Wildman–Crippen LogP) is 3.13. The minimum Gasteiger partial charge on any atom is -0.347 e. The van der Waals surface area contributed by atoms with Crippen LogP contribution in [-0.4, -0.2) is 27.5 Å². The topological polar surface area (TPSA) is 80.1 Å². The highest BCUT2D eigenvalue weighted by atomic mass is 32.1. The van der Waals surface area contributed by atoms with Crippen molar-refractivity contribution in [1.82, 2.24) is 14.5 Å². The molecule has 146 valence electrons. The van der Waals surface area contributed by atoms with Crippen LogP contribution < -0.4 is 15.8 Å². The summed E-state index contributed by atoms with van der Waals surface area (Å²) in [5.74, 6) is -0.287. The van der Waals surface area contributed by atoms with E-state index in [-0.39, 0.29) is 18.0 Å². The number of aromatic nitrogens is 3. The monoisotopic (exact) mass is 405 g/mol. The number of thiazole rings is 1. The van der Waals surface area contributed by atoms with Crippen LogP contribution in [0.5, 0.6) is 0 Å². The molecule has 1 amide bonds. The smallest absolute Gasteiger partial charge is 0.273 e. The van der Waals surface area contributed by atoms with Gasteiger partial charge in [0.05, 0.1) is 0 Å². The zero-order chi connectivity index (χ0) is 20.2. The highest BCUT2D eigenvalue weighted by molar-refractivity contribution is 7.22. The summed E-state index contributed by atoms with van der Waals surface area (Å²) in [6.45, 7) is 0.568. The number of hydrogen-bond donors (Lipinski definition) is 1. The van der Waals surface area contributed by atoms with Crippen LogP contribution in [0.15, 0.2) is 71.8 Å². The number of para-hydroxylation sites is 1. The third kappa shape index (κ3) is 4.33. The molecule has 0 aliphatic heterocycles. The van der Waals surface area contributed by atoms with Gasteiger partial charge in [-0.25, -0.2) is 4.98 Å². The molecular weight excluding hydrogens is 386 g/mol. The van der Waals surface area contributed by atoms with Gasteiger partial charge in [0, 0.05) is 19.3 Å². The molecule has 7 nitrogen and oxygen atoms in total. The summed E-state index contributed by atoms with van der Waals surface area (Å²) < 4.78 is 1.75. The van der Waals surface area contributed by atoms with E-state index < -0.39 is 0 Å². The van der Waals surface area contributed by atoms with Gasteiger partial charge in [0.15, 0.2) is 10.8 Å². The molecule has 2 aromatic heterocycles. The molecule has 0 spiro atoms. The zero-order valence-corrected chi connectivity index (χ0v) is 16.6. The van der Waals surface area contributed by atoms with Crippen LogP contribution in [0.3, 0.4) is 0 Å². The SMILES string of the molecule is CN(Cc1ccccc1)c1nc2ncn(CC(=O)Nc3ccccc3)c(=O)c2s1. The normalized spacial score (nSPS) is 10.8. The van der Waals surface area contributed by atoms with Gasteiger partial charge in [-0.2, -0.15) is 4.98 Å². The van der Waals surface area contributed by atoms with Crippen LogP contribution in [0.2, 0.25) is 0 Å². The number of carbonyl (C=O) groups is 1. The number of carbonyl (C=O) groups excluding carboxylic acids is 1. The quantitative estimate of drug-likeness (QED) is 0.533. The van der Waals surface area contributed by atoms with Crippen molar-refractivity contribution in [2.45, 2.75) is 13.1 Å². The number of amides is 1. The molecule has 0 saturated carbocycles. The molecule has 4 aromatic rings. The summed E-state index contributed by atoms with van der Waals surface area (Å²) in [5.41, 5.74) is 1.96. The third-order valence-corrected chi connectivity index (χ3v) is 5.48. The van der Waals surface area contributed by atoms with Crippen LogP contribution in [0, 0.1) is 0 Å². The van der Waals surface area contributed by atoms with Crippen molar-refractivity contribution in [3.05, 3.63) is 82.9 Å². The lowest BCUT2D eigenvalue weighted by molar-refractivity contribution is -0.116. The summed E-state index contributed by atoms with van der Waals surface area (Å²) in [4.78, 5) is 35.8. The van der Waals surface area contributed by atoms with Gasteiger partial charge in [-0.05, 0) is 17.7 Å². The molecule has 0 bridgehead atoms. The van der Waals surface area contributed by atoms with E-state index in [1.807, 2.05) is 60.5 Å². The number of nitrogens with zero attached hydrogens (tertiary/aromatic N) is 4. The van der Waals surface area contributed by atoms with Gasteiger partial charge in [-0.3, -0.25) is 14.2 Å². The molecule has 0 atom stereocenters. The number of anilines is 2. The summed E-state index contributed by atoms with van der Waals surface area (Å²) in [6, 6.07) is 19.2. The lowest BCUT2D eigenvalue weighted by Crippen LogP contribution is -2.27. The van der Waals surface area contributed by atoms with Gasteiger partial charge in [0.1, 0.15) is 17.6 Å². The Hall–Kier alpha value is -3.52. The van der Waals surface area contributed by atoms with Crippen molar-refractivity contribution >= 4 is 38.4 Å². The number of benzene rings is 2. The van der Waals surface area contributed by atoms with E-state index >= 15 is 0 Å². The maximum atomic E-state index is 12.8. The van der Waals surface area contributed by atoms with Gasteiger partial charge < -0.3 is 10.2 Å². The van der Waals surface area contributed by atoms with E-state index in [4.69, 9.17) is 0 Å². The highest BCUT2D eigenvalue weighted by Crippen LogP contribution is 2.25. The van der Waals surface area contributed by atoms with E-state index in [1.54, 1.807) is 12.1 Å². The van der Waals surface area contributed by atoms with E-state index in [0.717, 1.165) is 5.56 Å². The summed E-state index contributed by atoms with van der Waals surface area (Å²) in [5, 5.41) is 3.48. The lowest BCUT2D eigenvalue weighted by atomic mass is 10.2. The summed E-state index contributed by atoms with van der Waals surface area (Å²) >= 11 is 1.28. The molecule has 8 heteroatoms. The van der Waals surface area contributed by atoms with Crippen LogP contribution in [-0.2, 0) is 17.9 Å². The predicted molar refractivity (Wildman–Crippen MR) is 115 cm³/mol. The molecule has 2 aromatic carbocycles. The van der Waals surface area contributed by atoms with E-state index in [0.29, 0.717) is 27.7 Å². The molecule has 29 heavy (non-hydrogen) atoms. The molecule has 0 saturated heterocycles. The van der Waals surface area contributed by atoms with Gasteiger partial charge in [0.25, 0.3) is 5.56 Å². The average molecular weight is 405 g/mol. The van der Waals surface area contributed by atoms with Gasteiger partial charge in [0.2, 0.25) is 5.91 Å². The van der Waals surface area contributed by atoms with Crippen LogP contribution >= 0.6 is 11.3 Å². The minimum atomic E-state index is -0.287. The Morgan fingerprint density at radius 2 is 1.79 bits per heavy atom. The van der Waals surface area contributed by atoms with E-state index in [9.17, 15) is 9.59 Å². The maximum absolute atomic E-state index is 12.8. The zero-order valence-electron chi connectivity index (χ0n) is 15.8. The second-order valence-corrected chi connectivity index (χ2v) is 7.56. The second kappa shape index (κ2) is 8.24. The first-order valence-corrected chi connectivity index (χ1v) is 9.88. The third-order valence-electron chi connectivity index (χ3n) is 4.33. The molecule has 0 aliphatic carbocycles.